The Morgan fingerprint density at radius 3 is 2.69 bits per heavy atom. The normalized spacial score (nSPS) is 26.8. The summed E-state index contributed by atoms with van der Waals surface area (Å²) in [5.74, 6) is 3.90. The van der Waals surface area contributed by atoms with Crippen molar-refractivity contribution in [2.24, 2.45) is 11.8 Å². The van der Waals surface area contributed by atoms with Gasteiger partial charge in [-0.15, -0.1) is 0 Å². The summed E-state index contributed by atoms with van der Waals surface area (Å²) >= 11 is 1.95. The predicted octanol–water partition coefficient (Wildman–Crippen LogP) is 3.61. The van der Waals surface area contributed by atoms with Crippen LogP contribution >= 0.6 is 11.8 Å². The molecule has 0 spiro atoms. The van der Waals surface area contributed by atoms with Crippen LogP contribution in [0.4, 0.5) is 0 Å². The van der Waals surface area contributed by atoms with E-state index in [2.05, 4.69) is 0 Å². The summed E-state index contributed by atoms with van der Waals surface area (Å²) in [5, 5.41) is 9.72. The minimum Gasteiger partial charge on any atom is -0.493 e. The van der Waals surface area contributed by atoms with Crippen molar-refractivity contribution in [2.75, 3.05) is 25.2 Å². The van der Waals surface area contributed by atoms with Crippen molar-refractivity contribution in [3.63, 3.8) is 0 Å². The van der Waals surface area contributed by atoms with Crippen LogP contribution in [0.5, 0.6) is 5.75 Å². The monoisotopic (exact) mass is 379 g/mol. The van der Waals surface area contributed by atoms with E-state index in [0.29, 0.717) is 35.5 Å². The lowest BCUT2D eigenvalue weighted by Crippen LogP contribution is -2.33. The highest BCUT2D eigenvalue weighted by Gasteiger charge is 2.48. The molecule has 1 N–H and O–H groups in total. The highest BCUT2D eigenvalue weighted by Crippen LogP contribution is 2.45. The first-order chi connectivity index (χ1) is 12.6. The van der Waals surface area contributed by atoms with Gasteiger partial charge in [-0.05, 0) is 49.3 Å². The van der Waals surface area contributed by atoms with E-state index < -0.39 is 0 Å². The highest BCUT2D eigenvalue weighted by molar-refractivity contribution is 7.99. The lowest BCUT2D eigenvalue weighted by molar-refractivity contribution is -0.159. The van der Waals surface area contributed by atoms with Crippen molar-refractivity contribution in [1.82, 2.24) is 5.06 Å². The van der Waals surface area contributed by atoms with Crippen LogP contribution in [0.15, 0.2) is 30.3 Å². The van der Waals surface area contributed by atoms with Crippen LogP contribution < -0.4 is 4.74 Å². The molecule has 26 heavy (non-hydrogen) atoms. The van der Waals surface area contributed by atoms with Crippen molar-refractivity contribution < 1.29 is 19.5 Å². The topological polar surface area (TPSA) is 59.0 Å². The number of amides is 1. The lowest BCUT2D eigenvalue weighted by atomic mass is 9.81. The number of carbonyl (C=O) groups is 1. The molecular weight excluding hydrogens is 350 g/mol. The molecular formula is C20H29NO4S. The third kappa shape index (κ3) is 5.15. The van der Waals surface area contributed by atoms with E-state index in [1.165, 1.54) is 13.5 Å². The van der Waals surface area contributed by atoms with Gasteiger partial charge in [0.15, 0.2) is 0 Å². The standard InChI is InChI=1S/C20H29NO4S/c1-21(23)20(22)9-5-6-12-26-14-17-16(18-10-11-19(17)25-18)13-24-15-7-3-2-4-8-15/h2-4,7-8,16-19,23H,5-6,9-14H2,1H3/t16-,17+,18-,19+/m1/s1. The average Bonchev–Trinajstić information content (AvgIpc) is 3.25. The zero-order valence-corrected chi connectivity index (χ0v) is 16.2. The molecule has 2 aliphatic heterocycles. The van der Waals surface area contributed by atoms with Crippen LogP contribution in [0.3, 0.4) is 0 Å². The average molecular weight is 380 g/mol. The molecule has 4 atom stereocenters. The SMILES string of the molecule is CN(O)C(=O)CCCCSC[C@H]1[C@@H](COc2ccccc2)[C@H]2CC[C@@H]1O2. The maximum Gasteiger partial charge on any atom is 0.245 e. The van der Waals surface area contributed by atoms with Crippen LogP contribution in [0.25, 0.3) is 0 Å². The lowest BCUT2D eigenvalue weighted by Gasteiger charge is -2.27. The number of ether oxygens (including phenoxy) is 2. The van der Waals surface area contributed by atoms with Crippen molar-refractivity contribution in [1.29, 1.82) is 0 Å². The molecule has 2 aliphatic rings. The van der Waals surface area contributed by atoms with E-state index in [0.717, 1.165) is 43.1 Å². The molecule has 0 unspecified atom stereocenters. The first-order valence-corrected chi connectivity index (χ1v) is 10.7. The minimum atomic E-state index is -0.213. The van der Waals surface area contributed by atoms with Crippen LogP contribution in [0.1, 0.15) is 32.1 Å². The zero-order chi connectivity index (χ0) is 18.4. The molecule has 0 saturated carbocycles. The number of unbranched alkanes of at least 4 members (excludes halogenated alkanes) is 1. The maximum atomic E-state index is 11.3. The summed E-state index contributed by atoms with van der Waals surface area (Å²) in [7, 11) is 1.38. The Balaban J connectivity index is 1.38. The summed E-state index contributed by atoms with van der Waals surface area (Å²) in [6.45, 7) is 0.730. The van der Waals surface area contributed by atoms with Gasteiger partial charge in [-0.1, -0.05) is 18.2 Å². The molecule has 6 heteroatoms. The second kappa shape index (κ2) is 9.62. The van der Waals surface area contributed by atoms with Gasteiger partial charge in [-0.25, -0.2) is 5.06 Å². The molecule has 2 saturated heterocycles. The molecule has 2 heterocycles. The largest absolute Gasteiger partial charge is 0.493 e. The van der Waals surface area contributed by atoms with Gasteiger partial charge in [-0.3, -0.25) is 10.0 Å². The van der Waals surface area contributed by atoms with Crippen LogP contribution in [-0.4, -0.2) is 53.5 Å². The van der Waals surface area contributed by atoms with Gasteiger partial charge in [0.05, 0.1) is 18.8 Å². The van der Waals surface area contributed by atoms with Gasteiger partial charge < -0.3 is 9.47 Å². The molecule has 1 amide bonds. The Morgan fingerprint density at radius 1 is 1.23 bits per heavy atom. The van der Waals surface area contributed by atoms with Gasteiger partial charge >= 0.3 is 0 Å². The Morgan fingerprint density at radius 2 is 1.96 bits per heavy atom. The number of hydrogen-bond donors (Lipinski definition) is 1. The molecule has 0 aliphatic carbocycles. The number of rotatable bonds is 10. The first-order valence-electron chi connectivity index (χ1n) is 9.51. The summed E-state index contributed by atoms with van der Waals surface area (Å²) in [6, 6.07) is 10.0. The number of fused-ring (bicyclic) bond motifs is 2. The summed E-state index contributed by atoms with van der Waals surface area (Å²) in [4.78, 5) is 11.3. The predicted molar refractivity (Wildman–Crippen MR) is 103 cm³/mol. The van der Waals surface area contributed by atoms with Crippen molar-refractivity contribution in [3.8, 4) is 5.75 Å². The van der Waals surface area contributed by atoms with Crippen LogP contribution in [-0.2, 0) is 9.53 Å². The van der Waals surface area contributed by atoms with E-state index in [1.54, 1.807) is 0 Å². The molecule has 2 bridgehead atoms. The number of carbonyl (C=O) groups excluding carboxylic acids is 1. The number of benzene rings is 1. The second-order valence-electron chi connectivity index (χ2n) is 7.19. The third-order valence-corrected chi connectivity index (χ3v) is 6.57. The molecule has 1 aromatic carbocycles. The van der Waals surface area contributed by atoms with E-state index in [-0.39, 0.29) is 5.91 Å². The Hall–Kier alpha value is -1.24. The van der Waals surface area contributed by atoms with E-state index >= 15 is 0 Å². The fraction of sp³-hybridized carbons (Fsp3) is 0.650. The van der Waals surface area contributed by atoms with Gasteiger partial charge in [0, 0.05) is 25.3 Å². The molecule has 0 aromatic heterocycles. The van der Waals surface area contributed by atoms with E-state index in [9.17, 15) is 4.79 Å². The van der Waals surface area contributed by atoms with Crippen molar-refractivity contribution in [2.45, 2.75) is 44.3 Å². The Kier molecular flexibility index (Phi) is 7.23. The van der Waals surface area contributed by atoms with Crippen LogP contribution in [0.2, 0.25) is 0 Å². The molecule has 0 radical (unpaired) electrons. The molecule has 3 rings (SSSR count). The van der Waals surface area contributed by atoms with E-state index in [4.69, 9.17) is 14.7 Å². The third-order valence-electron chi connectivity index (χ3n) is 5.38. The number of hydroxylamine groups is 2. The number of para-hydroxylation sites is 1. The van der Waals surface area contributed by atoms with Gasteiger partial charge in [-0.2, -0.15) is 11.8 Å². The maximum absolute atomic E-state index is 11.3. The number of thioether (sulfide) groups is 1. The summed E-state index contributed by atoms with van der Waals surface area (Å²) in [6.07, 6.45) is 5.31. The molecule has 144 valence electrons. The number of hydrogen-bond acceptors (Lipinski definition) is 5. The first kappa shape index (κ1) is 19.5. The summed E-state index contributed by atoms with van der Waals surface area (Å²) < 4.78 is 12.2. The fourth-order valence-electron chi connectivity index (χ4n) is 3.90. The quantitative estimate of drug-likeness (QED) is 0.382. The van der Waals surface area contributed by atoms with E-state index in [1.807, 2.05) is 42.1 Å². The molecule has 1 aromatic rings. The van der Waals surface area contributed by atoms with Crippen molar-refractivity contribution in [3.05, 3.63) is 30.3 Å². The molecule has 2 fully saturated rings. The highest BCUT2D eigenvalue weighted by atomic mass is 32.2. The zero-order valence-electron chi connectivity index (χ0n) is 15.4. The fourth-order valence-corrected chi connectivity index (χ4v) is 5.21. The summed E-state index contributed by atoms with van der Waals surface area (Å²) in [5.41, 5.74) is 0. The number of nitrogens with zero attached hydrogens (tertiary/aromatic N) is 1. The second-order valence-corrected chi connectivity index (χ2v) is 8.34. The van der Waals surface area contributed by atoms with Crippen molar-refractivity contribution >= 4 is 17.7 Å². The Labute approximate surface area is 160 Å². The van der Waals surface area contributed by atoms with Gasteiger partial charge in [0.1, 0.15) is 5.75 Å². The van der Waals surface area contributed by atoms with Crippen LogP contribution in [0, 0.1) is 11.8 Å². The van der Waals surface area contributed by atoms with Gasteiger partial charge in [0.25, 0.3) is 0 Å². The molecule has 5 nitrogen and oxygen atoms in total. The smallest absolute Gasteiger partial charge is 0.245 e. The Bertz CT molecular complexity index is 568. The minimum absolute atomic E-state index is 0.213. The van der Waals surface area contributed by atoms with Gasteiger partial charge in [0.2, 0.25) is 5.91 Å².